The lowest BCUT2D eigenvalue weighted by molar-refractivity contribution is -0.112. The number of rotatable bonds is 10. The average Bonchev–Trinajstić information content (AvgIpc) is 2.58. The van der Waals surface area contributed by atoms with E-state index in [-0.39, 0.29) is 19.8 Å². The molecule has 0 aliphatic heterocycles. The number of anilines is 2. The molecule has 0 radical (unpaired) electrons. The van der Waals surface area contributed by atoms with E-state index in [1.807, 2.05) is 0 Å². The monoisotopic (exact) mass is 346 g/mol. The van der Waals surface area contributed by atoms with E-state index >= 15 is 0 Å². The Morgan fingerprint density at radius 3 is 2.29 bits per heavy atom. The molecule has 0 fully saturated rings. The first kappa shape index (κ1) is 20.4. The Balaban J connectivity index is 2.74. The molecule has 0 aliphatic carbocycles. The second-order valence-electron chi connectivity index (χ2n) is 5.47. The van der Waals surface area contributed by atoms with Crippen LogP contribution in [-0.4, -0.2) is 88.5 Å². The van der Waals surface area contributed by atoms with E-state index in [1.54, 1.807) is 30.1 Å². The van der Waals surface area contributed by atoms with Gasteiger partial charge >= 0.3 is 0 Å². The molecule has 1 aromatic rings. The minimum Gasteiger partial charge on any atom is -0.489 e. The fourth-order valence-corrected chi connectivity index (χ4v) is 2.10. The van der Waals surface area contributed by atoms with Crippen LogP contribution in [0.2, 0.25) is 0 Å². The zero-order valence-corrected chi connectivity index (χ0v) is 13.5. The van der Waals surface area contributed by atoms with E-state index in [1.165, 1.54) is 0 Å². The van der Waals surface area contributed by atoms with Crippen LogP contribution in [0.3, 0.4) is 0 Å². The quantitative estimate of drug-likeness (QED) is 0.227. The minimum atomic E-state index is -1.67. The topological polar surface area (TPSA) is 160 Å². The fraction of sp³-hybridized carbons (Fsp3) is 0.600. The molecule has 8 N–H and O–H groups in total. The number of hydrogen-bond acceptors (Lipinski definition) is 9. The molecule has 0 aliphatic rings. The zero-order chi connectivity index (χ0) is 18.3. The van der Waals surface area contributed by atoms with Crippen LogP contribution < -0.4 is 15.4 Å². The fourth-order valence-electron chi connectivity index (χ4n) is 2.10. The lowest BCUT2D eigenvalue weighted by Crippen LogP contribution is -2.49. The minimum absolute atomic E-state index is 0.0558. The number of aliphatic hydroxyl groups is 6. The summed E-state index contributed by atoms with van der Waals surface area (Å²) in [7, 11) is 1.64. The molecular weight excluding hydrogens is 320 g/mol. The Morgan fingerprint density at radius 1 is 1.08 bits per heavy atom. The molecule has 0 spiro atoms. The number of hydrogen-bond donors (Lipinski definition) is 7. The Morgan fingerprint density at radius 2 is 1.71 bits per heavy atom. The van der Waals surface area contributed by atoms with Gasteiger partial charge in [0.25, 0.3) is 0 Å². The van der Waals surface area contributed by atoms with Gasteiger partial charge < -0.3 is 46.0 Å². The Labute approximate surface area is 140 Å². The first-order valence-corrected chi connectivity index (χ1v) is 7.49. The summed E-state index contributed by atoms with van der Waals surface area (Å²) in [5, 5.41) is 56.3. The van der Waals surface area contributed by atoms with Crippen LogP contribution in [0.25, 0.3) is 0 Å². The van der Waals surface area contributed by atoms with Crippen molar-refractivity contribution >= 4 is 11.4 Å². The van der Waals surface area contributed by atoms with E-state index < -0.39 is 31.0 Å². The van der Waals surface area contributed by atoms with E-state index in [9.17, 15) is 20.4 Å². The van der Waals surface area contributed by atoms with Crippen LogP contribution in [-0.2, 0) is 0 Å². The Kier molecular flexibility index (Phi) is 8.19. The lowest BCUT2D eigenvalue weighted by atomic mass is 10.0. The summed E-state index contributed by atoms with van der Waals surface area (Å²) < 4.78 is 5.30. The highest BCUT2D eigenvalue weighted by Crippen LogP contribution is 2.27. The van der Waals surface area contributed by atoms with Gasteiger partial charge in [0.2, 0.25) is 0 Å². The normalized spacial score (nSPS) is 16.3. The number of nitrogens with two attached hydrogens (primary N) is 1. The van der Waals surface area contributed by atoms with Crippen molar-refractivity contribution in [2.45, 2.75) is 24.4 Å². The maximum absolute atomic E-state index is 10.00. The van der Waals surface area contributed by atoms with Crippen LogP contribution in [0.4, 0.5) is 11.4 Å². The molecule has 0 bridgehead atoms. The lowest BCUT2D eigenvalue weighted by Gasteiger charge is -2.29. The maximum Gasteiger partial charge on any atom is 0.144 e. The molecule has 9 nitrogen and oxygen atoms in total. The van der Waals surface area contributed by atoms with Gasteiger partial charge in [0.05, 0.1) is 25.0 Å². The van der Waals surface area contributed by atoms with Gasteiger partial charge in [0, 0.05) is 25.3 Å². The van der Waals surface area contributed by atoms with Crippen molar-refractivity contribution in [1.82, 2.24) is 0 Å². The van der Waals surface area contributed by atoms with Gasteiger partial charge in [-0.1, -0.05) is 0 Å². The zero-order valence-electron chi connectivity index (χ0n) is 13.5. The summed E-state index contributed by atoms with van der Waals surface area (Å²) in [5.41, 5.74) is 6.79. The predicted molar refractivity (Wildman–Crippen MR) is 87.8 cm³/mol. The van der Waals surface area contributed by atoms with Crippen molar-refractivity contribution in [3.05, 3.63) is 18.2 Å². The molecule has 9 heteroatoms. The molecule has 1 aromatic carbocycles. The van der Waals surface area contributed by atoms with Crippen LogP contribution in [0.15, 0.2) is 18.2 Å². The third-order valence-corrected chi connectivity index (χ3v) is 3.57. The summed E-state index contributed by atoms with van der Waals surface area (Å²) in [6.45, 7) is -0.858. The second-order valence-corrected chi connectivity index (χ2v) is 5.47. The number of likely N-dealkylation sites (N-methyl/N-ethyl adjacent to an activating group) is 1. The third kappa shape index (κ3) is 5.48. The molecule has 0 amide bonds. The standard InChI is InChI=1S/C15H26N2O7/c1-17(7-11(20)14(22)15(23)12(21)8-19)9-2-3-10(16)13(6-9)24-5-4-18/h2-3,6,11-12,14-15,18-23H,4-5,7-8,16H2,1H3. The van der Waals surface area contributed by atoms with Gasteiger partial charge in [-0.25, -0.2) is 0 Å². The maximum atomic E-state index is 10.00. The molecular formula is C15H26N2O7. The summed E-state index contributed by atoms with van der Waals surface area (Å²) in [5.74, 6) is 0.374. The van der Waals surface area contributed by atoms with Gasteiger partial charge in [-0.15, -0.1) is 0 Å². The van der Waals surface area contributed by atoms with Crippen molar-refractivity contribution in [2.24, 2.45) is 0 Å². The number of aliphatic hydroxyl groups excluding tert-OH is 6. The first-order chi connectivity index (χ1) is 11.3. The third-order valence-electron chi connectivity index (χ3n) is 3.57. The number of benzene rings is 1. The summed E-state index contributed by atoms with van der Waals surface area (Å²) >= 11 is 0. The van der Waals surface area contributed by atoms with Crippen molar-refractivity contribution in [3.63, 3.8) is 0 Å². The van der Waals surface area contributed by atoms with Gasteiger partial charge in [-0.2, -0.15) is 0 Å². The van der Waals surface area contributed by atoms with Gasteiger partial charge in [-0.3, -0.25) is 0 Å². The van der Waals surface area contributed by atoms with Gasteiger partial charge in [-0.05, 0) is 12.1 Å². The van der Waals surface area contributed by atoms with Gasteiger partial charge in [0.15, 0.2) is 0 Å². The molecule has 4 unspecified atom stereocenters. The van der Waals surface area contributed by atoms with E-state index in [0.29, 0.717) is 17.1 Å². The SMILES string of the molecule is CN(CC(O)C(O)C(O)C(O)CO)c1ccc(N)c(OCCO)c1. The van der Waals surface area contributed by atoms with Crippen molar-refractivity contribution in [1.29, 1.82) is 0 Å². The Hall–Kier alpha value is -1.62. The van der Waals surface area contributed by atoms with Crippen molar-refractivity contribution in [3.8, 4) is 5.75 Å². The largest absolute Gasteiger partial charge is 0.489 e. The summed E-state index contributed by atoms with van der Waals surface area (Å²) in [4.78, 5) is 1.59. The van der Waals surface area contributed by atoms with Crippen LogP contribution in [0.5, 0.6) is 5.75 Å². The second kappa shape index (κ2) is 9.62. The number of ether oxygens (including phenoxy) is 1. The number of nitrogen functional groups attached to an aromatic ring is 1. The highest BCUT2D eigenvalue weighted by molar-refractivity contribution is 5.62. The molecule has 4 atom stereocenters. The molecule has 1 rings (SSSR count). The first-order valence-electron chi connectivity index (χ1n) is 7.49. The predicted octanol–water partition coefficient (Wildman–Crippen LogP) is -2.49. The van der Waals surface area contributed by atoms with Crippen LogP contribution >= 0.6 is 0 Å². The molecule has 0 saturated heterocycles. The summed E-state index contributed by atoms with van der Waals surface area (Å²) in [6, 6.07) is 4.90. The van der Waals surface area contributed by atoms with Crippen molar-refractivity contribution in [2.75, 3.05) is 44.0 Å². The molecule has 24 heavy (non-hydrogen) atoms. The highest BCUT2D eigenvalue weighted by Gasteiger charge is 2.30. The molecule has 0 saturated carbocycles. The molecule has 0 aromatic heterocycles. The van der Waals surface area contributed by atoms with E-state index in [4.69, 9.17) is 20.7 Å². The smallest absolute Gasteiger partial charge is 0.144 e. The summed E-state index contributed by atoms with van der Waals surface area (Å²) in [6.07, 6.45) is -6.22. The van der Waals surface area contributed by atoms with Crippen molar-refractivity contribution < 1.29 is 35.4 Å². The molecule has 0 heterocycles. The highest BCUT2D eigenvalue weighted by atomic mass is 16.5. The van der Waals surface area contributed by atoms with Crippen LogP contribution in [0, 0.1) is 0 Å². The number of nitrogens with zero attached hydrogens (tertiary/aromatic N) is 1. The average molecular weight is 346 g/mol. The van der Waals surface area contributed by atoms with Gasteiger partial charge in [0.1, 0.15) is 30.7 Å². The van der Waals surface area contributed by atoms with Crippen LogP contribution in [0.1, 0.15) is 0 Å². The molecule has 138 valence electrons. The Bertz CT molecular complexity index is 503. The van der Waals surface area contributed by atoms with E-state index in [2.05, 4.69) is 0 Å². The van der Waals surface area contributed by atoms with E-state index in [0.717, 1.165) is 0 Å².